The van der Waals surface area contributed by atoms with Crippen LogP contribution in [-0.2, 0) is 6.54 Å². The molecule has 6 heteroatoms. The second kappa shape index (κ2) is 10.9. The standard InChI is InChI=1S/C24H28N4O2/c1-2-26-24(28-17-20-13-14-22(30-20)23(25)29)27-16-15-21(18-9-5-3-6-10-18)19-11-7-4-8-12-19/h3-14,21H,2,15-17H2,1H3,(H2,25,29)(H2,26,27,28). The van der Waals surface area contributed by atoms with E-state index in [1.807, 2.05) is 19.1 Å². The average Bonchev–Trinajstić information content (AvgIpc) is 3.26. The second-order valence-electron chi connectivity index (χ2n) is 6.91. The molecule has 0 radical (unpaired) electrons. The molecule has 0 saturated heterocycles. The first-order chi connectivity index (χ1) is 14.7. The van der Waals surface area contributed by atoms with Gasteiger partial charge in [0.25, 0.3) is 5.91 Å². The van der Waals surface area contributed by atoms with Gasteiger partial charge in [-0.1, -0.05) is 60.7 Å². The Bertz CT molecular complexity index is 912. The van der Waals surface area contributed by atoms with E-state index in [0.717, 1.165) is 19.5 Å². The van der Waals surface area contributed by atoms with Gasteiger partial charge in [0.1, 0.15) is 12.3 Å². The fourth-order valence-electron chi connectivity index (χ4n) is 3.33. The lowest BCUT2D eigenvalue weighted by molar-refractivity contribution is 0.0972. The van der Waals surface area contributed by atoms with Crippen molar-refractivity contribution in [3.05, 3.63) is 95.4 Å². The van der Waals surface area contributed by atoms with Gasteiger partial charge in [0.2, 0.25) is 0 Å². The molecule has 1 heterocycles. The Labute approximate surface area is 177 Å². The van der Waals surface area contributed by atoms with E-state index < -0.39 is 5.91 Å². The monoisotopic (exact) mass is 404 g/mol. The number of aliphatic imine (C=N–C) groups is 1. The fraction of sp³-hybridized carbons (Fsp3) is 0.250. The molecule has 0 bridgehead atoms. The van der Waals surface area contributed by atoms with Gasteiger partial charge >= 0.3 is 0 Å². The summed E-state index contributed by atoms with van der Waals surface area (Å²) in [7, 11) is 0. The van der Waals surface area contributed by atoms with Gasteiger partial charge < -0.3 is 20.8 Å². The summed E-state index contributed by atoms with van der Waals surface area (Å²) in [6, 6.07) is 24.4. The third-order valence-corrected chi connectivity index (χ3v) is 4.77. The van der Waals surface area contributed by atoms with Crippen LogP contribution in [0.3, 0.4) is 0 Å². The molecule has 0 fully saturated rings. The van der Waals surface area contributed by atoms with Gasteiger partial charge in [0.15, 0.2) is 11.7 Å². The van der Waals surface area contributed by atoms with Crippen LogP contribution in [0, 0.1) is 0 Å². The Morgan fingerprint density at radius 3 is 2.13 bits per heavy atom. The summed E-state index contributed by atoms with van der Waals surface area (Å²) in [6.07, 6.45) is 0.922. The zero-order valence-electron chi connectivity index (χ0n) is 17.2. The fourth-order valence-corrected chi connectivity index (χ4v) is 3.33. The Balaban J connectivity index is 1.64. The lowest BCUT2D eigenvalue weighted by Crippen LogP contribution is -2.38. The molecule has 3 aromatic rings. The minimum atomic E-state index is -0.580. The summed E-state index contributed by atoms with van der Waals surface area (Å²) in [5.74, 6) is 1.16. The number of furan rings is 1. The molecule has 4 N–H and O–H groups in total. The van der Waals surface area contributed by atoms with Gasteiger partial charge in [-0.3, -0.25) is 4.79 Å². The Hall–Kier alpha value is -3.54. The van der Waals surface area contributed by atoms with Crippen LogP contribution in [0.5, 0.6) is 0 Å². The van der Waals surface area contributed by atoms with E-state index in [-0.39, 0.29) is 5.76 Å². The number of amides is 1. The summed E-state index contributed by atoms with van der Waals surface area (Å²) in [5.41, 5.74) is 7.81. The van der Waals surface area contributed by atoms with Crippen molar-refractivity contribution in [2.75, 3.05) is 13.1 Å². The molecular formula is C24H28N4O2. The van der Waals surface area contributed by atoms with Crippen molar-refractivity contribution in [2.45, 2.75) is 25.8 Å². The average molecular weight is 405 g/mol. The molecule has 156 valence electrons. The number of nitrogens with zero attached hydrogens (tertiary/aromatic N) is 1. The van der Waals surface area contributed by atoms with Gasteiger partial charge in [-0.05, 0) is 36.6 Å². The van der Waals surface area contributed by atoms with Crippen molar-refractivity contribution in [2.24, 2.45) is 10.7 Å². The number of nitrogens with two attached hydrogens (primary N) is 1. The van der Waals surface area contributed by atoms with Crippen LogP contribution in [0.15, 0.2) is 82.2 Å². The summed E-state index contributed by atoms with van der Waals surface area (Å²) in [6.45, 7) is 3.84. The van der Waals surface area contributed by atoms with Crippen molar-refractivity contribution in [1.29, 1.82) is 0 Å². The molecule has 30 heavy (non-hydrogen) atoms. The van der Waals surface area contributed by atoms with Gasteiger partial charge in [0, 0.05) is 19.0 Å². The van der Waals surface area contributed by atoms with Crippen molar-refractivity contribution in [3.63, 3.8) is 0 Å². The first kappa shape index (κ1) is 21.2. The molecule has 1 aromatic heterocycles. The Kier molecular flexibility index (Phi) is 7.66. The van der Waals surface area contributed by atoms with Gasteiger partial charge in [-0.25, -0.2) is 4.99 Å². The Morgan fingerprint density at radius 2 is 1.60 bits per heavy atom. The largest absolute Gasteiger partial charge is 0.454 e. The first-order valence-electron chi connectivity index (χ1n) is 10.2. The van der Waals surface area contributed by atoms with Crippen LogP contribution < -0.4 is 16.4 Å². The molecule has 1 amide bonds. The SMILES string of the molecule is CCNC(=NCc1ccc(C(N)=O)o1)NCCC(c1ccccc1)c1ccccc1. The van der Waals surface area contributed by atoms with E-state index in [1.165, 1.54) is 11.1 Å². The quantitative estimate of drug-likeness (QED) is 0.375. The van der Waals surface area contributed by atoms with Crippen molar-refractivity contribution in [3.8, 4) is 0 Å². The van der Waals surface area contributed by atoms with Gasteiger partial charge in [-0.15, -0.1) is 0 Å². The highest BCUT2D eigenvalue weighted by Crippen LogP contribution is 2.27. The second-order valence-corrected chi connectivity index (χ2v) is 6.91. The number of guanidine groups is 1. The molecule has 0 aliphatic carbocycles. The molecule has 2 aromatic carbocycles. The zero-order chi connectivity index (χ0) is 21.2. The number of nitrogens with one attached hydrogen (secondary N) is 2. The maximum Gasteiger partial charge on any atom is 0.284 e. The van der Waals surface area contributed by atoms with Crippen molar-refractivity contribution in [1.82, 2.24) is 10.6 Å². The number of rotatable bonds is 9. The molecular weight excluding hydrogens is 376 g/mol. The molecule has 0 aliphatic heterocycles. The maximum atomic E-state index is 11.2. The van der Waals surface area contributed by atoms with Crippen molar-refractivity contribution < 1.29 is 9.21 Å². The van der Waals surface area contributed by atoms with E-state index in [4.69, 9.17) is 10.2 Å². The lowest BCUT2D eigenvalue weighted by atomic mass is 9.88. The Morgan fingerprint density at radius 1 is 0.967 bits per heavy atom. The topological polar surface area (TPSA) is 92.6 Å². The molecule has 0 spiro atoms. The molecule has 0 aliphatic rings. The van der Waals surface area contributed by atoms with E-state index in [9.17, 15) is 4.79 Å². The van der Waals surface area contributed by atoms with Crippen molar-refractivity contribution >= 4 is 11.9 Å². The predicted molar refractivity (Wildman–Crippen MR) is 119 cm³/mol. The number of carbonyl (C=O) groups excluding carboxylic acids is 1. The predicted octanol–water partition coefficient (Wildman–Crippen LogP) is 3.66. The molecule has 0 atom stereocenters. The summed E-state index contributed by atoms with van der Waals surface area (Å²) < 4.78 is 5.39. The summed E-state index contributed by atoms with van der Waals surface area (Å²) in [4.78, 5) is 15.7. The van der Waals surface area contributed by atoms with E-state index in [0.29, 0.717) is 24.2 Å². The van der Waals surface area contributed by atoms with Crippen LogP contribution in [0.25, 0.3) is 0 Å². The van der Waals surface area contributed by atoms with E-state index in [2.05, 4.69) is 64.2 Å². The van der Waals surface area contributed by atoms with Gasteiger partial charge in [0.05, 0.1) is 0 Å². The number of hydrogen-bond donors (Lipinski definition) is 3. The zero-order valence-corrected chi connectivity index (χ0v) is 17.2. The third-order valence-electron chi connectivity index (χ3n) is 4.77. The lowest BCUT2D eigenvalue weighted by Gasteiger charge is -2.19. The van der Waals surface area contributed by atoms with Gasteiger partial charge in [-0.2, -0.15) is 0 Å². The number of hydrogen-bond acceptors (Lipinski definition) is 3. The number of primary amides is 1. The molecule has 0 saturated carbocycles. The van der Waals surface area contributed by atoms with Crippen LogP contribution >= 0.6 is 0 Å². The highest BCUT2D eigenvalue weighted by molar-refractivity contribution is 5.89. The number of benzene rings is 2. The highest BCUT2D eigenvalue weighted by Gasteiger charge is 2.14. The minimum Gasteiger partial charge on any atom is -0.454 e. The molecule has 0 unspecified atom stereocenters. The van der Waals surface area contributed by atoms with Crippen LogP contribution in [0.2, 0.25) is 0 Å². The molecule has 3 rings (SSSR count). The van der Waals surface area contributed by atoms with E-state index in [1.54, 1.807) is 12.1 Å². The third kappa shape index (κ3) is 5.98. The van der Waals surface area contributed by atoms with Crippen LogP contribution in [0.1, 0.15) is 46.7 Å². The first-order valence-corrected chi connectivity index (χ1v) is 10.2. The molecule has 6 nitrogen and oxygen atoms in total. The highest BCUT2D eigenvalue weighted by atomic mass is 16.3. The van der Waals surface area contributed by atoms with E-state index >= 15 is 0 Å². The normalized spacial score (nSPS) is 11.5. The van der Waals surface area contributed by atoms with Crippen LogP contribution in [0.4, 0.5) is 0 Å². The minimum absolute atomic E-state index is 0.145. The van der Waals surface area contributed by atoms with Crippen LogP contribution in [-0.4, -0.2) is 25.0 Å². The smallest absolute Gasteiger partial charge is 0.284 e. The maximum absolute atomic E-state index is 11.2. The number of carbonyl (C=O) groups is 1. The summed E-state index contributed by atoms with van der Waals surface area (Å²) in [5, 5.41) is 6.64. The summed E-state index contributed by atoms with van der Waals surface area (Å²) >= 11 is 0.